The first-order valence-corrected chi connectivity index (χ1v) is 5.97. The molecule has 0 aromatic heterocycles. The third-order valence-corrected chi connectivity index (χ3v) is 2.64. The van der Waals surface area contributed by atoms with E-state index in [1.807, 2.05) is 6.92 Å². The Balaban J connectivity index is 2.39. The van der Waals surface area contributed by atoms with E-state index in [4.69, 9.17) is 9.84 Å². The first kappa shape index (κ1) is 14.5. The zero-order valence-electron chi connectivity index (χ0n) is 10.8. The summed E-state index contributed by atoms with van der Waals surface area (Å²) in [5, 5.41) is 14.7. The number of hydrogen-bond donors (Lipinski definition) is 3. The molecule has 0 saturated heterocycles. The number of benzene rings is 1. The molecule has 1 rings (SSSR count). The number of nitrogens with one attached hydrogen (secondary N) is 2. The fourth-order valence-electron chi connectivity index (χ4n) is 1.45. The van der Waals surface area contributed by atoms with Crippen LogP contribution in [0.5, 0.6) is 5.75 Å². The fourth-order valence-corrected chi connectivity index (χ4v) is 1.45. The molecule has 0 spiro atoms. The largest absolute Gasteiger partial charge is 0.497 e. The highest BCUT2D eigenvalue weighted by atomic mass is 16.5. The van der Waals surface area contributed by atoms with Crippen molar-refractivity contribution in [1.82, 2.24) is 5.32 Å². The van der Waals surface area contributed by atoms with Crippen LogP contribution in [0, 0.1) is 0 Å². The molecule has 0 heterocycles. The third-order valence-electron chi connectivity index (χ3n) is 2.64. The number of rotatable bonds is 7. The van der Waals surface area contributed by atoms with Gasteiger partial charge in [-0.3, -0.25) is 4.79 Å². The van der Waals surface area contributed by atoms with Crippen LogP contribution in [0.2, 0.25) is 0 Å². The number of amides is 1. The molecule has 0 aliphatic rings. The molecule has 5 heteroatoms. The molecule has 18 heavy (non-hydrogen) atoms. The number of anilines is 1. The van der Waals surface area contributed by atoms with Crippen LogP contribution in [-0.4, -0.2) is 37.3 Å². The average molecular weight is 252 g/mol. The second-order valence-corrected chi connectivity index (χ2v) is 3.95. The van der Waals surface area contributed by atoms with Gasteiger partial charge in [0.1, 0.15) is 5.75 Å². The minimum absolute atomic E-state index is 0.0340. The van der Waals surface area contributed by atoms with Crippen molar-refractivity contribution in [2.75, 3.05) is 25.6 Å². The number of carbonyl (C=O) groups is 1. The maximum Gasteiger partial charge on any atom is 0.238 e. The number of methoxy groups -OCH3 is 1. The van der Waals surface area contributed by atoms with Gasteiger partial charge in [-0.25, -0.2) is 0 Å². The summed E-state index contributed by atoms with van der Waals surface area (Å²) in [6.07, 6.45) is 0.784. The highest BCUT2D eigenvalue weighted by Gasteiger charge is 2.07. The van der Waals surface area contributed by atoms with E-state index in [0.29, 0.717) is 0 Å². The molecule has 100 valence electrons. The van der Waals surface area contributed by atoms with Crippen LogP contribution in [-0.2, 0) is 4.79 Å². The second kappa shape index (κ2) is 7.68. The lowest BCUT2D eigenvalue weighted by atomic mass is 10.2. The highest BCUT2D eigenvalue weighted by Crippen LogP contribution is 2.14. The van der Waals surface area contributed by atoms with Gasteiger partial charge in [0.2, 0.25) is 5.91 Å². The van der Waals surface area contributed by atoms with Gasteiger partial charge < -0.3 is 20.5 Å². The zero-order chi connectivity index (χ0) is 13.4. The van der Waals surface area contributed by atoms with Crippen molar-refractivity contribution in [3.8, 4) is 5.75 Å². The number of ether oxygens (including phenoxy) is 1. The molecule has 1 unspecified atom stereocenters. The number of aliphatic hydroxyl groups excluding tert-OH is 1. The normalized spacial score (nSPS) is 11.9. The van der Waals surface area contributed by atoms with Gasteiger partial charge in [-0.2, -0.15) is 0 Å². The molecule has 1 aromatic rings. The molecule has 0 fully saturated rings. The molecule has 0 aliphatic heterocycles. The van der Waals surface area contributed by atoms with E-state index in [9.17, 15) is 4.79 Å². The lowest BCUT2D eigenvalue weighted by molar-refractivity contribution is -0.115. The Morgan fingerprint density at radius 2 is 2.06 bits per heavy atom. The van der Waals surface area contributed by atoms with E-state index in [0.717, 1.165) is 17.9 Å². The summed E-state index contributed by atoms with van der Waals surface area (Å²) < 4.78 is 5.03. The van der Waals surface area contributed by atoms with Gasteiger partial charge in [0.05, 0.1) is 20.3 Å². The second-order valence-electron chi connectivity index (χ2n) is 3.95. The molecule has 0 saturated carbocycles. The number of aliphatic hydroxyl groups is 1. The van der Waals surface area contributed by atoms with Crippen LogP contribution in [0.1, 0.15) is 13.3 Å². The maximum absolute atomic E-state index is 11.6. The molecule has 3 N–H and O–H groups in total. The maximum atomic E-state index is 11.6. The Bertz CT molecular complexity index is 361. The van der Waals surface area contributed by atoms with Crippen molar-refractivity contribution in [3.05, 3.63) is 24.3 Å². The van der Waals surface area contributed by atoms with Gasteiger partial charge in [0, 0.05) is 11.7 Å². The quantitative estimate of drug-likeness (QED) is 0.677. The minimum atomic E-state index is -0.132. The van der Waals surface area contributed by atoms with Crippen LogP contribution in [0.25, 0.3) is 0 Å². The summed E-state index contributed by atoms with van der Waals surface area (Å²) in [7, 11) is 1.59. The summed E-state index contributed by atoms with van der Waals surface area (Å²) in [5.41, 5.74) is 0.722. The van der Waals surface area contributed by atoms with Gasteiger partial charge in [-0.1, -0.05) is 6.92 Å². The van der Waals surface area contributed by atoms with Crippen molar-refractivity contribution in [2.24, 2.45) is 0 Å². The van der Waals surface area contributed by atoms with Gasteiger partial charge in [-0.05, 0) is 30.7 Å². The monoisotopic (exact) mass is 252 g/mol. The van der Waals surface area contributed by atoms with Gasteiger partial charge >= 0.3 is 0 Å². The van der Waals surface area contributed by atoms with Crippen molar-refractivity contribution in [3.63, 3.8) is 0 Å². The summed E-state index contributed by atoms with van der Waals surface area (Å²) in [6.45, 7) is 2.17. The number of hydrogen-bond acceptors (Lipinski definition) is 4. The van der Waals surface area contributed by atoms with Crippen molar-refractivity contribution in [2.45, 2.75) is 19.4 Å². The number of carbonyl (C=O) groups excluding carboxylic acids is 1. The lowest BCUT2D eigenvalue weighted by Gasteiger charge is -2.13. The average Bonchev–Trinajstić information content (AvgIpc) is 2.41. The topological polar surface area (TPSA) is 70.6 Å². The Labute approximate surface area is 107 Å². The Hall–Kier alpha value is -1.59. The zero-order valence-corrected chi connectivity index (χ0v) is 10.8. The standard InChI is InChI=1S/C13H20N2O3/c1-3-10(9-16)14-8-13(17)15-11-4-6-12(18-2)7-5-11/h4-7,10,14,16H,3,8-9H2,1-2H3,(H,15,17). The van der Waals surface area contributed by atoms with Crippen LogP contribution in [0.4, 0.5) is 5.69 Å². The van der Waals surface area contributed by atoms with Gasteiger partial charge in [-0.15, -0.1) is 0 Å². The fraction of sp³-hybridized carbons (Fsp3) is 0.462. The molecule has 0 bridgehead atoms. The van der Waals surface area contributed by atoms with E-state index >= 15 is 0 Å². The van der Waals surface area contributed by atoms with Gasteiger partial charge in [0.15, 0.2) is 0 Å². The summed E-state index contributed by atoms with van der Waals surface area (Å²) in [6, 6.07) is 7.09. The Kier molecular flexibility index (Phi) is 6.18. The smallest absolute Gasteiger partial charge is 0.238 e. The SMILES string of the molecule is CCC(CO)NCC(=O)Nc1ccc(OC)cc1. The van der Waals surface area contributed by atoms with Crippen LogP contribution in [0.15, 0.2) is 24.3 Å². The molecule has 0 aliphatic carbocycles. The molecule has 1 amide bonds. The first-order chi connectivity index (χ1) is 8.69. The lowest BCUT2D eigenvalue weighted by Crippen LogP contribution is -2.37. The van der Waals surface area contributed by atoms with Crippen LogP contribution >= 0.6 is 0 Å². The van der Waals surface area contributed by atoms with Crippen molar-refractivity contribution >= 4 is 11.6 Å². The predicted molar refractivity (Wildman–Crippen MR) is 70.8 cm³/mol. The van der Waals surface area contributed by atoms with Crippen molar-refractivity contribution < 1.29 is 14.6 Å². The van der Waals surface area contributed by atoms with Crippen LogP contribution < -0.4 is 15.4 Å². The van der Waals surface area contributed by atoms with E-state index in [1.54, 1.807) is 31.4 Å². The molecular weight excluding hydrogens is 232 g/mol. The van der Waals surface area contributed by atoms with Crippen molar-refractivity contribution in [1.29, 1.82) is 0 Å². The minimum Gasteiger partial charge on any atom is -0.497 e. The summed E-state index contributed by atoms with van der Waals surface area (Å²) in [4.78, 5) is 11.6. The van der Waals surface area contributed by atoms with Gasteiger partial charge in [0.25, 0.3) is 0 Å². The summed E-state index contributed by atoms with van der Waals surface area (Å²) in [5.74, 6) is 0.615. The highest BCUT2D eigenvalue weighted by molar-refractivity contribution is 5.92. The molecular formula is C13H20N2O3. The third kappa shape index (κ3) is 4.73. The Morgan fingerprint density at radius 3 is 2.56 bits per heavy atom. The summed E-state index contributed by atoms with van der Waals surface area (Å²) >= 11 is 0. The molecule has 1 atom stereocenters. The Morgan fingerprint density at radius 1 is 1.39 bits per heavy atom. The molecule has 0 radical (unpaired) electrons. The van der Waals surface area contributed by atoms with E-state index in [1.165, 1.54) is 0 Å². The van der Waals surface area contributed by atoms with E-state index in [-0.39, 0.29) is 25.1 Å². The molecule has 1 aromatic carbocycles. The van der Waals surface area contributed by atoms with E-state index < -0.39 is 0 Å². The van der Waals surface area contributed by atoms with Crippen LogP contribution in [0.3, 0.4) is 0 Å². The first-order valence-electron chi connectivity index (χ1n) is 5.97. The molecule has 5 nitrogen and oxygen atoms in total. The van der Waals surface area contributed by atoms with E-state index in [2.05, 4.69) is 10.6 Å². The predicted octanol–water partition coefficient (Wildman–Crippen LogP) is 0.994.